The number of urea groups is 1. The second-order valence-electron chi connectivity index (χ2n) is 6.24. The molecule has 0 radical (unpaired) electrons. The van der Waals surface area contributed by atoms with Gasteiger partial charge in [-0.25, -0.2) is 9.18 Å². The van der Waals surface area contributed by atoms with Gasteiger partial charge in [-0.2, -0.15) is 0 Å². The van der Waals surface area contributed by atoms with Crippen LogP contribution in [0.4, 0.5) is 14.9 Å². The Morgan fingerprint density at radius 2 is 2.11 bits per heavy atom. The maximum Gasteiger partial charge on any atom is 0.319 e. The van der Waals surface area contributed by atoms with Crippen LogP contribution in [-0.4, -0.2) is 31.6 Å². The topological polar surface area (TPSA) is 59.6 Å². The Hall–Kier alpha value is -2.25. The fourth-order valence-electron chi connectivity index (χ4n) is 2.78. The third kappa shape index (κ3) is 5.87. The zero-order valence-electron chi connectivity index (χ0n) is 15.2. The highest BCUT2D eigenvalue weighted by molar-refractivity contribution is 7.98. The number of halogens is 1. The van der Waals surface area contributed by atoms with Crippen molar-refractivity contribution in [1.29, 1.82) is 0 Å². The lowest BCUT2D eigenvalue weighted by atomic mass is 10.2. The summed E-state index contributed by atoms with van der Waals surface area (Å²) < 4.78 is 24.9. The molecule has 1 unspecified atom stereocenters. The van der Waals surface area contributed by atoms with Crippen molar-refractivity contribution in [2.24, 2.45) is 0 Å². The number of amides is 2. The van der Waals surface area contributed by atoms with Gasteiger partial charge >= 0.3 is 6.03 Å². The van der Waals surface area contributed by atoms with E-state index in [0.717, 1.165) is 29.9 Å². The molecule has 2 N–H and O–H groups in total. The van der Waals surface area contributed by atoms with Crippen LogP contribution < -0.4 is 15.4 Å². The van der Waals surface area contributed by atoms with Crippen LogP contribution in [-0.2, 0) is 11.3 Å². The molecule has 2 aromatic rings. The summed E-state index contributed by atoms with van der Waals surface area (Å²) in [5, 5.41) is 5.43. The maximum atomic E-state index is 13.6. The highest BCUT2D eigenvalue weighted by atomic mass is 32.2. The van der Waals surface area contributed by atoms with E-state index < -0.39 is 11.8 Å². The van der Waals surface area contributed by atoms with E-state index in [4.69, 9.17) is 9.47 Å². The number of thioether (sulfide) groups is 1. The Morgan fingerprint density at radius 3 is 2.81 bits per heavy atom. The van der Waals surface area contributed by atoms with Crippen LogP contribution in [0, 0.1) is 5.82 Å². The predicted octanol–water partition coefficient (Wildman–Crippen LogP) is 4.43. The van der Waals surface area contributed by atoms with E-state index >= 15 is 0 Å². The van der Waals surface area contributed by atoms with Gasteiger partial charge < -0.3 is 20.1 Å². The minimum Gasteiger partial charge on any atom is -0.489 e. The number of anilines is 1. The quantitative estimate of drug-likeness (QED) is 0.687. The molecule has 1 saturated heterocycles. The van der Waals surface area contributed by atoms with Crippen LogP contribution in [0.15, 0.2) is 47.4 Å². The summed E-state index contributed by atoms with van der Waals surface area (Å²) in [5.74, 6) is -0.0196. The number of nitrogens with one attached hydrogen (secondary N) is 2. The number of hydrogen-bond acceptors (Lipinski definition) is 4. The van der Waals surface area contributed by atoms with Crippen molar-refractivity contribution < 1.29 is 18.7 Å². The van der Waals surface area contributed by atoms with Crippen LogP contribution in [0.2, 0.25) is 0 Å². The monoisotopic (exact) mass is 390 g/mol. The lowest BCUT2D eigenvalue weighted by molar-refractivity contribution is 0.0682. The molecular weight excluding hydrogens is 367 g/mol. The normalized spacial score (nSPS) is 16.1. The van der Waals surface area contributed by atoms with Gasteiger partial charge in [-0.1, -0.05) is 12.1 Å². The van der Waals surface area contributed by atoms with E-state index in [2.05, 4.69) is 10.6 Å². The van der Waals surface area contributed by atoms with Gasteiger partial charge in [-0.3, -0.25) is 0 Å². The Bertz CT molecular complexity index is 764. The Kier molecular flexibility index (Phi) is 6.95. The lowest BCUT2D eigenvalue weighted by Crippen LogP contribution is -2.28. The van der Waals surface area contributed by atoms with Crippen LogP contribution in [0.1, 0.15) is 18.4 Å². The molecule has 2 amide bonds. The first-order chi connectivity index (χ1) is 13.1. The van der Waals surface area contributed by atoms with Gasteiger partial charge in [0.2, 0.25) is 0 Å². The van der Waals surface area contributed by atoms with E-state index in [1.807, 2.05) is 30.5 Å². The molecular formula is C20H23FN2O3S. The lowest BCUT2D eigenvalue weighted by Gasteiger charge is -2.15. The molecule has 27 heavy (non-hydrogen) atoms. The van der Waals surface area contributed by atoms with Gasteiger partial charge in [0.25, 0.3) is 0 Å². The Morgan fingerprint density at radius 1 is 1.30 bits per heavy atom. The fourth-order valence-corrected chi connectivity index (χ4v) is 3.18. The maximum absolute atomic E-state index is 13.6. The summed E-state index contributed by atoms with van der Waals surface area (Å²) in [6.07, 6.45) is 4.02. The number of carbonyl (C=O) groups is 1. The molecule has 1 aliphatic rings. The van der Waals surface area contributed by atoms with Gasteiger partial charge in [-0.15, -0.1) is 11.8 Å². The molecule has 0 spiro atoms. The van der Waals surface area contributed by atoms with Crippen molar-refractivity contribution in [3.8, 4) is 5.75 Å². The van der Waals surface area contributed by atoms with E-state index in [-0.39, 0.29) is 6.10 Å². The first-order valence-electron chi connectivity index (χ1n) is 8.86. The van der Waals surface area contributed by atoms with Gasteiger partial charge in [0.05, 0.1) is 11.8 Å². The summed E-state index contributed by atoms with van der Waals surface area (Å²) >= 11 is 1.66. The molecule has 7 heteroatoms. The van der Waals surface area contributed by atoms with Gasteiger partial charge in [0.1, 0.15) is 18.2 Å². The van der Waals surface area contributed by atoms with E-state index in [9.17, 15) is 9.18 Å². The zero-order chi connectivity index (χ0) is 19.1. The number of hydrogen-bond donors (Lipinski definition) is 2. The van der Waals surface area contributed by atoms with Crippen LogP contribution in [0.25, 0.3) is 0 Å². The van der Waals surface area contributed by atoms with Crippen molar-refractivity contribution in [2.45, 2.75) is 30.4 Å². The SMILES string of the molecule is CSc1ccc(CNC(=O)Nc2cc(F)ccc2OCC2CCCO2)cc1. The number of rotatable bonds is 7. The van der Waals surface area contributed by atoms with Crippen LogP contribution in [0.5, 0.6) is 5.75 Å². The average molecular weight is 390 g/mol. The van der Waals surface area contributed by atoms with Crippen molar-refractivity contribution in [3.05, 3.63) is 53.8 Å². The molecule has 2 aromatic carbocycles. The number of benzene rings is 2. The van der Waals surface area contributed by atoms with Crippen LogP contribution in [0.3, 0.4) is 0 Å². The molecule has 1 heterocycles. The molecule has 0 bridgehead atoms. The number of carbonyl (C=O) groups excluding carboxylic acids is 1. The summed E-state index contributed by atoms with van der Waals surface area (Å²) in [4.78, 5) is 13.4. The molecule has 144 valence electrons. The van der Waals surface area contributed by atoms with Crippen LogP contribution >= 0.6 is 11.8 Å². The van der Waals surface area contributed by atoms with E-state index in [0.29, 0.717) is 24.6 Å². The molecule has 3 rings (SSSR count). The molecule has 0 aliphatic carbocycles. The second kappa shape index (κ2) is 9.62. The largest absolute Gasteiger partial charge is 0.489 e. The number of ether oxygens (including phenoxy) is 2. The molecule has 1 aliphatic heterocycles. The molecule has 1 fully saturated rings. The average Bonchev–Trinajstić information content (AvgIpc) is 3.20. The molecule has 0 saturated carbocycles. The predicted molar refractivity (Wildman–Crippen MR) is 105 cm³/mol. The van der Waals surface area contributed by atoms with Crippen molar-refractivity contribution in [2.75, 3.05) is 24.8 Å². The molecule has 5 nitrogen and oxygen atoms in total. The minimum atomic E-state index is -0.442. The van der Waals surface area contributed by atoms with Gasteiger partial charge in [-0.05, 0) is 48.9 Å². The fraction of sp³-hybridized carbons (Fsp3) is 0.350. The summed E-state index contributed by atoms with van der Waals surface area (Å²) in [6, 6.07) is 11.6. The summed E-state index contributed by atoms with van der Waals surface area (Å²) in [5.41, 5.74) is 1.28. The molecule has 0 aromatic heterocycles. The van der Waals surface area contributed by atoms with Crippen molar-refractivity contribution in [1.82, 2.24) is 5.32 Å². The standard InChI is InChI=1S/C20H23FN2O3S/c1-27-17-7-4-14(5-8-17)12-22-20(24)23-18-11-15(21)6-9-19(18)26-13-16-3-2-10-25-16/h4-9,11,16H,2-3,10,12-13H2,1H3,(H2,22,23,24). The zero-order valence-corrected chi connectivity index (χ0v) is 16.0. The first kappa shape index (κ1) is 19.5. The minimum absolute atomic E-state index is 0.0426. The van der Waals surface area contributed by atoms with Gasteiger partial charge in [0.15, 0.2) is 0 Å². The summed E-state index contributed by atoms with van der Waals surface area (Å²) in [7, 11) is 0. The van der Waals surface area contributed by atoms with Crippen molar-refractivity contribution in [3.63, 3.8) is 0 Å². The highest BCUT2D eigenvalue weighted by Gasteiger charge is 2.17. The molecule has 1 atom stereocenters. The third-order valence-corrected chi connectivity index (χ3v) is 4.99. The van der Waals surface area contributed by atoms with E-state index in [1.165, 1.54) is 18.2 Å². The second-order valence-corrected chi connectivity index (χ2v) is 7.12. The van der Waals surface area contributed by atoms with E-state index in [1.54, 1.807) is 11.8 Å². The summed E-state index contributed by atoms with van der Waals surface area (Å²) in [6.45, 7) is 1.49. The smallest absolute Gasteiger partial charge is 0.319 e. The Balaban J connectivity index is 1.56. The third-order valence-electron chi connectivity index (χ3n) is 4.25. The van der Waals surface area contributed by atoms with Crippen molar-refractivity contribution >= 4 is 23.5 Å². The highest BCUT2D eigenvalue weighted by Crippen LogP contribution is 2.26. The Labute approximate surface area is 162 Å². The van der Waals surface area contributed by atoms with Gasteiger partial charge in [0, 0.05) is 24.1 Å². The first-order valence-corrected chi connectivity index (χ1v) is 10.1.